The van der Waals surface area contributed by atoms with Crippen molar-refractivity contribution in [1.29, 1.82) is 0 Å². The molecule has 0 bridgehead atoms. The second-order valence-corrected chi connectivity index (χ2v) is 5.64. The van der Waals surface area contributed by atoms with E-state index in [2.05, 4.69) is 10.4 Å². The van der Waals surface area contributed by atoms with Gasteiger partial charge < -0.3 is 5.32 Å². The Kier molecular flexibility index (Phi) is 4.09. The van der Waals surface area contributed by atoms with Crippen molar-refractivity contribution in [1.82, 2.24) is 9.78 Å². The SMILES string of the molecule is FC(F)(F)c1cccc(NCc2ccnn2C2CCCC2)c1. The van der Waals surface area contributed by atoms with Gasteiger partial charge in [0, 0.05) is 11.9 Å². The quantitative estimate of drug-likeness (QED) is 0.892. The van der Waals surface area contributed by atoms with Gasteiger partial charge in [-0.15, -0.1) is 0 Å². The molecule has 22 heavy (non-hydrogen) atoms. The fourth-order valence-electron chi connectivity index (χ4n) is 2.96. The lowest BCUT2D eigenvalue weighted by atomic mass is 10.2. The maximum absolute atomic E-state index is 12.7. The molecule has 0 radical (unpaired) electrons. The van der Waals surface area contributed by atoms with Crippen molar-refractivity contribution < 1.29 is 13.2 Å². The molecule has 3 nitrogen and oxygen atoms in total. The summed E-state index contributed by atoms with van der Waals surface area (Å²) in [5, 5.41) is 7.43. The summed E-state index contributed by atoms with van der Waals surface area (Å²) < 4.78 is 40.1. The van der Waals surface area contributed by atoms with Crippen LogP contribution in [0.4, 0.5) is 18.9 Å². The summed E-state index contributed by atoms with van der Waals surface area (Å²) in [6.45, 7) is 0.470. The first-order valence-electron chi connectivity index (χ1n) is 7.47. The molecule has 0 aliphatic heterocycles. The van der Waals surface area contributed by atoms with Crippen molar-refractivity contribution in [2.45, 2.75) is 44.4 Å². The van der Waals surface area contributed by atoms with Gasteiger partial charge in [0.05, 0.1) is 23.8 Å². The lowest BCUT2D eigenvalue weighted by molar-refractivity contribution is -0.137. The maximum Gasteiger partial charge on any atom is 0.416 e. The molecular weight excluding hydrogens is 291 g/mol. The Morgan fingerprint density at radius 1 is 1.18 bits per heavy atom. The normalized spacial score (nSPS) is 16.1. The number of aromatic nitrogens is 2. The van der Waals surface area contributed by atoms with Gasteiger partial charge in [-0.05, 0) is 37.1 Å². The molecule has 118 valence electrons. The van der Waals surface area contributed by atoms with Crippen molar-refractivity contribution in [3.63, 3.8) is 0 Å². The van der Waals surface area contributed by atoms with Crippen LogP contribution in [0, 0.1) is 0 Å². The molecule has 1 fully saturated rings. The molecule has 1 aromatic heterocycles. The Hall–Kier alpha value is -1.98. The second-order valence-electron chi connectivity index (χ2n) is 5.64. The number of hydrogen-bond donors (Lipinski definition) is 1. The zero-order valence-corrected chi connectivity index (χ0v) is 12.1. The molecule has 2 aromatic rings. The number of alkyl halides is 3. The van der Waals surface area contributed by atoms with Crippen LogP contribution in [0.2, 0.25) is 0 Å². The van der Waals surface area contributed by atoms with Gasteiger partial charge in [-0.2, -0.15) is 18.3 Å². The van der Waals surface area contributed by atoms with Crippen LogP contribution in [0.1, 0.15) is 43.0 Å². The fraction of sp³-hybridized carbons (Fsp3) is 0.438. The largest absolute Gasteiger partial charge is 0.416 e. The second kappa shape index (κ2) is 6.02. The summed E-state index contributed by atoms with van der Waals surface area (Å²) in [6.07, 6.45) is 2.11. The highest BCUT2D eigenvalue weighted by atomic mass is 19.4. The molecule has 1 aromatic carbocycles. The summed E-state index contributed by atoms with van der Waals surface area (Å²) in [5.74, 6) is 0. The molecular formula is C16H18F3N3. The van der Waals surface area contributed by atoms with Crippen molar-refractivity contribution >= 4 is 5.69 Å². The number of hydrogen-bond acceptors (Lipinski definition) is 2. The van der Waals surface area contributed by atoms with E-state index in [0.717, 1.165) is 30.7 Å². The maximum atomic E-state index is 12.7. The number of halogens is 3. The number of nitrogens with one attached hydrogen (secondary N) is 1. The number of nitrogens with zero attached hydrogens (tertiary/aromatic N) is 2. The summed E-state index contributed by atoms with van der Waals surface area (Å²) in [6, 6.07) is 7.61. The molecule has 6 heteroatoms. The molecule has 1 aliphatic rings. The number of benzene rings is 1. The lowest BCUT2D eigenvalue weighted by Crippen LogP contribution is -2.13. The lowest BCUT2D eigenvalue weighted by Gasteiger charge is -2.15. The van der Waals surface area contributed by atoms with E-state index in [-0.39, 0.29) is 0 Å². The third kappa shape index (κ3) is 3.26. The zero-order chi connectivity index (χ0) is 15.6. The summed E-state index contributed by atoms with van der Waals surface area (Å²) in [5.41, 5.74) is 0.833. The molecule has 1 aliphatic carbocycles. The van der Waals surface area contributed by atoms with E-state index in [1.807, 2.05) is 10.7 Å². The minimum atomic E-state index is -4.32. The zero-order valence-electron chi connectivity index (χ0n) is 12.1. The van der Waals surface area contributed by atoms with Crippen LogP contribution < -0.4 is 5.32 Å². The first-order chi connectivity index (χ1) is 10.5. The van der Waals surface area contributed by atoms with Crippen molar-refractivity contribution in [3.8, 4) is 0 Å². The van der Waals surface area contributed by atoms with Gasteiger partial charge >= 0.3 is 6.18 Å². The Morgan fingerprint density at radius 3 is 2.68 bits per heavy atom. The van der Waals surface area contributed by atoms with E-state index in [0.29, 0.717) is 18.3 Å². The highest BCUT2D eigenvalue weighted by Crippen LogP contribution is 2.31. The van der Waals surface area contributed by atoms with E-state index >= 15 is 0 Å². The van der Waals surface area contributed by atoms with Crippen LogP contribution >= 0.6 is 0 Å². The summed E-state index contributed by atoms with van der Waals surface area (Å²) >= 11 is 0. The molecule has 0 amide bonds. The van der Waals surface area contributed by atoms with E-state index in [1.165, 1.54) is 18.9 Å². The fourth-order valence-corrected chi connectivity index (χ4v) is 2.96. The molecule has 0 unspecified atom stereocenters. The van der Waals surface area contributed by atoms with Gasteiger partial charge in [0.25, 0.3) is 0 Å². The molecule has 1 heterocycles. The van der Waals surface area contributed by atoms with Crippen LogP contribution in [0.25, 0.3) is 0 Å². The van der Waals surface area contributed by atoms with Gasteiger partial charge in [0.15, 0.2) is 0 Å². The van der Waals surface area contributed by atoms with Gasteiger partial charge in [-0.3, -0.25) is 4.68 Å². The third-order valence-corrected chi connectivity index (χ3v) is 4.09. The minimum absolute atomic E-state index is 0.424. The van der Waals surface area contributed by atoms with Crippen LogP contribution in [-0.4, -0.2) is 9.78 Å². The van der Waals surface area contributed by atoms with E-state index in [1.54, 1.807) is 12.3 Å². The third-order valence-electron chi connectivity index (χ3n) is 4.09. The van der Waals surface area contributed by atoms with Gasteiger partial charge in [-0.25, -0.2) is 0 Å². The standard InChI is InChI=1S/C16H18F3N3/c17-16(18,19)12-4-3-5-13(10-12)20-11-15-8-9-21-22(15)14-6-1-2-7-14/h3-5,8-10,14,20H,1-2,6-7,11H2. The van der Waals surface area contributed by atoms with E-state index in [9.17, 15) is 13.2 Å². The van der Waals surface area contributed by atoms with Crippen molar-refractivity contribution in [2.75, 3.05) is 5.32 Å². The molecule has 0 atom stereocenters. The molecule has 1 N–H and O–H groups in total. The Morgan fingerprint density at radius 2 is 1.95 bits per heavy atom. The Bertz CT molecular complexity index is 628. The Balaban J connectivity index is 1.69. The number of anilines is 1. The monoisotopic (exact) mass is 309 g/mol. The summed E-state index contributed by atoms with van der Waals surface area (Å²) in [4.78, 5) is 0. The highest BCUT2D eigenvalue weighted by molar-refractivity contribution is 5.46. The van der Waals surface area contributed by atoms with Gasteiger partial charge in [0.2, 0.25) is 0 Å². The minimum Gasteiger partial charge on any atom is -0.379 e. The predicted molar refractivity (Wildman–Crippen MR) is 78.5 cm³/mol. The average molecular weight is 309 g/mol. The van der Waals surface area contributed by atoms with Gasteiger partial charge in [-0.1, -0.05) is 18.9 Å². The molecule has 0 saturated heterocycles. The first kappa shape index (κ1) is 14.9. The Labute approximate surface area is 127 Å². The van der Waals surface area contributed by atoms with Crippen LogP contribution in [-0.2, 0) is 12.7 Å². The molecule has 3 rings (SSSR count). The van der Waals surface area contributed by atoms with Crippen LogP contribution in [0.5, 0.6) is 0 Å². The molecule has 1 saturated carbocycles. The van der Waals surface area contributed by atoms with Crippen LogP contribution in [0.15, 0.2) is 36.5 Å². The smallest absolute Gasteiger partial charge is 0.379 e. The highest BCUT2D eigenvalue weighted by Gasteiger charge is 2.30. The van der Waals surface area contributed by atoms with Crippen molar-refractivity contribution in [2.24, 2.45) is 0 Å². The summed E-state index contributed by atoms with van der Waals surface area (Å²) in [7, 11) is 0. The van der Waals surface area contributed by atoms with Crippen molar-refractivity contribution in [3.05, 3.63) is 47.8 Å². The topological polar surface area (TPSA) is 29.9 Å². The number of rotatable bonds is 4. The van der Waals surface area contributed by atoms with Crippen LogP contribution in [0.3, 0.4) is 0 Å². The van der Waals surface area contributed by atoms with Gasteiger partial charge in [0.1, 0.15) is 0 Å². The van der Waals surface area contributed by atoms with E-state index < -0.39 is 11.7 Å². The predicted octanol–water partition coefficient (Wildman–Crippen LogP) is 4.63. The van der Waals surface area contributed by atoms with E-state index in [4.69, 9.17) is 0 Å². The average Bonchev–Trinajstić information content (AvgIpc) is 3.15. The molecule has 0 spiro atoms. The first-order valence-corrected chi connectivity index (χ1v) is 7.47.